The molecule has 0 aliphatic heterocycles. The molecule has 0 saturated heterocycles. The van der Waals surface area contributed by atoms with Gasteiger partial charge in [0.1, 0.15) is 6.61 Å². The van der Waals surface area contributed by atoms with Crippen LogP contribution in [-0.2, 0) is 9.47 Å². The highest BCUT2D eigenvalue weighted by Gasteiger charge is 2.36. The molecule has 0 spiro atoms. The molecule has 1 aliphatic rings. The Morgan fingerprint density at radius 2 is 2.08 bits per heavy atom. The van der Waals surface area contributed by atoms with Crippen LogP contribution in [0.5, 0.6) is 0 Å². The highest BCUT2D eigenvalue weighted by Crippen LogP contribution is 2.34. The summed E-state index contributed by atoms with van der Waals surface area (Å²) in [6, 6.07) is 1.92. The van der Waals surface area contributed by atoms with Gasteiger partial charge < -0.3 is 4.74 Å². The lowest BCUT2D eigenvalue weighted by atomic mass is 10.2. The summed E-state index contributed by atoms with van der Waals surface area (Å²) < 4.78 is 10.6. The Balaban J connectivity index is 2.44. The minimum absolute atomic E-state index is 0.0193. The second-order valence-corrected chi connectivity index (χ2v) is 3.00. The van der Waals surface area contributed by atoms with Gasteiger partial charge in [-0.05, 0) is 12.8 Å². The van der Waals surface area contributed by atoms with E-state index in [1.165, 1.54) is 0 Å². The Bertz CT molecular complexity index is 213. The summed E-state index contributed by atoms with van der Waals surface area (Å²) in [5.41, 5.74) is 0. The minimum atomic E-state index is -0.639. The van der Waals surface area contributed by atoms with Crippen molar-refractivity contribution in [1.29, 1.82) is 5.26 Å². The van der Waals surface area contributed by atoms with E-state index in [4.69, 9.17) is 21.3 Å². The Morgan fingerprint density at radius 1 is 1.38 bits per heavy atom. The minimum Gasteiger partial charge on any atom is -0.335 e. The maximum atomic E-state index is 8.38. The molecule has 1 saturated carbocycles. The molecule has 0 amide bonds. The molecule has 0 unspecified atom stereocenters. The number of hydrogen-bond donors (Lipinski definition) is 0. The number of nitriles is 1. The maximum absolute atomic E-state index is 8.38. The van der Waals surface area contributed by atoms with Crippen molar-refractivity contribution in [3.05, 3.63) is 11.4 Å². The van der Waals surface area contributed by atoms with Crippen molar-refractivity contribution in [3.63, 3.8) is 0 Å². The van der Waals surface area contributed by atoms with Crippen molar-refractivity contribution >= 4 is 0 Å². The third-order valence-corrected chi connectivity index (χ3v) is 2.16. The monoisotopic (exact) mass is 180 g/mol. The number of rotatable bonds is 4. The number of ether oxygens (including phenoxy) is 2. The molecule has 0 radical (unpaired) electrons. The van der Waals surface area contributed by atoms with Crippen LogP contribution in [0.3, 0.4) is 0 Å². The summed E-state index contributed by atoms with van der Waals surface area (Å²) in [5, 5.41) is 8.38. The predicted octanol–water partition coefficient (Wildman–Crippen LogP) is 1.69. The SMILES string of the molecule is [C-]#[N+]COC1(OCC#N)CCCC1. The smallest absolute Gasteiger partial charge is 0.320 e. The normalized spacial score (nSPS) is 19.2. The first-order chi connectivity index (χ1) is 6.33. The van der Waals surface area contributed by atoms with Crippen LogP contribution in [-0.4, -0.2) is 19.1 Å². The van der Waals surface area contributed by atoms with E-state index in [-0.39, 0.29) is 13.3 Å². The molecule has 0 atom stereocenters. The zero-order valence-electron chi connectivity index (χ0n) is 7.45. The summed E-state index contributed by atoms with van der Waals surface area (Å²) in [5.74, 6) is -0.639. The van der Waals surface area contributed by atoms with E-state index < -0.39 is 5.79 Å². The van der Waals surface area contributed by atoms with Gasteiger partial charge in [-0.1, -0.05) is 0 Å². The highest BCUT2D eigenvalue weighted by atomic mass is 16.7. The molecule has 0 aromatic rings. The van der Waals surface area contributed by atoms with Crippen LogP contribution >= 0.6 is 0 Å². The van der Waals surface area contributed by atoms with E-state index >= 15 is 0 Å². The first-order valence-corrected chi connectivity index (χ1v) is 4.31. The average Bonchev–Trinajstić information content (AvgIpc) is 2.61. The van der Waals surface area contributed by atoms with Crippen LogP contribution in [0, 0.1) is 17.9 Å². The predicted molar refractivity (Wildman–Crippen MR) is 45.3 cm³/mol. The van der Waals surface area contributed by atoms with Gasteiger partial charge in [-0.25, -0.2) is 6.57 Å². The molecule has 0 heterocycles. The molecule has 0 aromatic heterocycles. The molecule has 4 nitrogen and oxygen atoms in total. The van der Waals surface area contributed by atoms with Crippen LogP contribution in [0.1, 0.15) is 25.7 Å². The quantitative estimate of drug-likeness (QED) is 0.488. The van der Waals surface area contributed by atoms with Crippen molar-refractivity contribution in [2.24, 2.45) is 0 Å². The van der Waals surface area contributed by atoms with Crippen LogP contribution in [0.4, 0.5) is 0 Å². The second kappa shape index (κ2) is 4.81. The fraction of sp³-hybridized carbons (Fsp3) is 0.778. The van der Waals surface area contributed by atoms with Gasteiger partial charge in [0.15, 0.2) is 5.79 Å². The molecule has 0 N–H and O–H groups in total. The van der Waals surface area contributed by atoms with Crippen molar-refractivity contribution in [2.45, 2.75) is 31.5 Å². The first kappa shape index (κ1) is 9.98. The molecule has 0 aromatic carbocycles. The largest absolute Gasteiger partial charge is 0.335 e. The Hall–Kier alpha value is -1.10. The Morgan fingerprint density at radius 3 is 2.62 bits per heavy atom. The van der Waals surface area contributed by atoms with Crippen LogP contribution in [0.25, 0.3) is 4.85 Å². The van der Waals surface area contributed by atoms with Crippen LogP contribution in [0.15, 0.2) is 0 Å². The topological polar surface area (TPSA) is 46.6 Å². The fourth-order valence-electron chi connectivity index (χ4n) is 1.56. The molecule has 1 rings (SSSR count). The summed E-state index contributed by atoms with van der Waals surface area (Å²) >= 11 is 0. The highest BCUT2D eigenvalue weighted by molar-refractivity contribution is 4.80. The zero-order valence-corrected chi connectivity index (χ0v) is 7.45. The third-order valence-electron chi connectivity index (χ3n) is 2.16. The van der Waals surface area contributed by atoms with E-state index in [2.05, 4.69) is 4.85 Å². The van der Waals surface area contributed by atoms with Crippen molar-refractivity contribution in [3.8, 4) is 6.07 Å². The van der Waals surface area contributed by atoms with Gasteiger partial charge in [-0.2, -0.15) is 5.26 Å². The standard InChI is InChI=1S/C9H12N2O2/c1-11-8-13-9(12-7-6-10)4-2-3-5-9/h2-5,7-8H2. The molecular weight excluding hydrogens is 168 g/mol. The molecule has 70 valence electrons. The average molecular weight is 180 g/mol. The summed E-state index contributed by atoms with van der Waals surface area (Å²) in [4.78, 5) is 3.12. The van der Waals surface area contributed by atoms with E-state index in [0.717, 1.165) is 25.7 Å². The Kier molecular flexibility index (Phi) is 3.70. The zero-order chi connectivity index (χ0) is 9.57. The lowest BCUT2D eigenvalue weighted by Crippen LogP contribution is -2.32. The van der Waals surface area contributed by atoms with Gasteiger partial charge >= 0.3 is 6.73 Å². The molecule has 1 fully saturated rings. The molecular formula is C9H12N2O2. The van der Waals surface area contributed by atoms with Crippen molar-refractivity contribution < 1.29 is 9.47 Å². The van der Waals surface area contributed by atoms with Crippen LogP contribution < -0.4 is 0 Å². The fourth-order valence-corrected chi connectivity index (χ4v) is 1.56. The van der Waals surface area contributed by atoms with Crippen molar-refractivity contribution in [1.82, 2.24) is 0 Å². The van der Waals surface area contributed by atoms with Crippen molar-refractivity contribution in [2.75, 3.05) is 13.3 Å². The van der Waals surface area contributed by atoms with E-state index in [0.29, 0.717) is 0 Å². The number of hydrogen-bond acceptors (Lipinski definition) is 3. The van der Waals surface area contributed by atoms with Gasteiger partial charge in [0.2, 0.25) is 0 Å². The third kappa shape index (κ3) is 2.69. The van der Waals surface area contributed by atoms with Gasteiger partial charge in [0.05, 0.1) is 6.07 Å². The summed E-state index contributed by atoms with van der Waals surface area (Å²) in [6.45, 7) is 6.67. The van der Waals surface area contributed by atoms with E-state index in [1.807, 2.05) is 6.07 Å². The molecule has 1 aliphatic carbocycles. The summed E-state index contributed by atoms with van der Waals surface area (Å²) in [6.07, 6.45) is 3.68. The molecule has 4 heteroatoms. The van der Waals surface area contributed by atoms with Gasteiger partial charge in [0, 0.05) is 12.8 Å². The summed E-state index contributed by atoms with van der Waals surface area (Å²) in [7, 11) is 0. The van der Waals surface area contributed by atoms with Gasteiger partial charge in [-0.3, -0.25) is 9.58 Å². The van der Waals surface area contributed by atoms with E-state index in [9.17, 15) is 0 Å². The number of nitrogens with zero attached hydrogens (tertiary/aromatic N) is 2. The van der Waals surface area contributed by atoms with Crippen LogP contribution in [0.2, 0.25) is 0 Å². The van der Waals surface area contributed by atoms with E-state index in [1.54, 1.807) is 0 Å². The Labute approximate surface area is 77.9 Å². The second-order valence-electron chi connectivity index (χ2n) is 3.00. The maximum Gasteiger partial charge on any atom is 0.320 e. The first-order valence-electron chi connectivity index (χ1n) is 4.31. The van der Waals surface area contributed by atoms with Gasteiger partial charge in [0.25, 0.3) is 0 Å². The molecule has 0 bridgehead atoms. The van der Waals surface area contributed by atoms with Gasteiger partial charge in [-0.15, -0.1) is 0 Å². The lowest BCUT2D eigenvalue weighted by Gasteiger charge is -2.25. The molecule has 13 heavy (non-hydrogen) atoms. The lowest BCUT2D eigenvalue weighted by molar-refractivity contribution is -0.219.